The Kier molecular flexibility index (Phi) is 5.30. The van der Waals surface area contributed by atoms with Crippen molar-refractivity contribution >= 4 is 11.6 Å². The van der Waals surface area contributed by atoms with Gasteiger partial charge in [0.05, 0.1) is 12.7 Å². The fraction of sp³-hybridized carbons (Fsp3) is 0.588. The number of nitrogens with zero attached hydrogens (tertiary/aromatic N) is 3. The highest BCUT2D eigenvalue weighted by Crippen LogP contribution is 2.25. The van der Waals surface area contributed by atoms with Gasteiger partial charge in [0.2, 0.25) is 5.91 Å². The van der Waals surface area contributed by atoms with Crippen LogP contribution in [-0.4, -0.2) is 39.3 Å². The summed E-state index contributed by atoms with van der Waals surface area (Å²) < 4.78 is 8.46. The predicted molar refractivity (Wildman–Crippen MR) is 89.8 cm³/mol. The van der Waals surface area contributed by atoms with Crippen LogP contribution in [0.3, 0.4) is 0 Å². The molecule has 0 unspecified atom stereocenters. The molecule has 1 N–H and O–H groups in total. The summed E-state index contributed by atoms with van der Waals surface area (Å²) in [5.74, 6) is 0.354. The van der Waals surface area contributed by atoms with E-state index in [2.05, 4.69) is 17.3 Å². The van der Waals surface area contributed by atoms with Crippen molar-refractivity contribution in [3.8, 4) is 0 Å². The van der Waals surface area contributed by atoms with Crippen molar-refractivity contribution < 1.29 is 9.53 Å². The summed E-state index contributed by atoms with van der Waals surface area (Å²) in [6.45, 7) is 3.09. The third kappa shape index (κ3) is 3.84. The number of pyridine rings is 1. The smallest absolute Gasteiger partial charge is 0.350 e. The lowest BCUT2D eigenvalue weighted by molar-refractivity contribution is -0.122. The van der Waals surface area contributed by atoms with Gasteiger partial charge >= 0.3 is 5.69 Å². The van der Waals surface area contributed by atoms with Crippen LogP contribution in [0.15, 0.2) is 29.2 Å². The van der Waals surface area contributed by atoms with Crippen LogP contribution in [0.1, 0.15) is 32.6 Å². The monoisotopic (exact) mass is 332 g/mol. The molecule has 2 atom stereocenters. The quantitative estimate of drug-likeness (QED) is 0.807. The highest BCUT2D eigenvalue weighted by molar-refractivity contribution is 5.75. The first kappa shape index (κ1) is 16.7. The minimum Gasteiger partial charge on any atom is -0.376 e. The zero-order chi connectivity index (χ0) is 16.9. The van der Waals surface area contributed by atoms with Gasteiger partial charge in [-0.2, -0.15) is 0 Å². The molecule has 130 valence electrons. The number of nitrogens with one attached hydrogen (secondary N) is 1. The molecule has 1 aliphatic rings. The largest absolute Gasteiger partial charge is 0.376 e. The number of amides is 1. The Balaban J connectivity index is 1.45. The van der Waals surface area contributed by atoms with Gasteiger partial charge in [-0.05, 0) is 30.9 Å². The number of rotatable bonds is 6. The molecule has 1 aliphatic carbocycles. The molecule has 1 amide bonds. The van der Waals surface area contributed by atoms with Gasteiger partial charge in [0, 0.05) is 12.7 Å². The van der Waals surface area contributed by atoms with Crippen LogP contribution < -0.4 is 11.0 Å². The molecule has 0 spiro atoms. The third-order valence-electron chi connectivity index (χ3n) is 4.57. The molecule has 7 nitrogen and oxygen atoms in total. The average molecular weight is 332 g/mol. The normalized spacial score (nSPS) is 21.0. The third-order valence-corrected chi connectivity index (χ3v) is 4.57. The molecule has 0 aromatic carbocycles. The molecule has 2 aromatic heterocycles. The lowest BCUT2D eigenvalue weighted by Gasteiger charge is -2.28. The number of aromatic nitrogens is 3. The molecular weight excluding hydrogens is 308 g/mol. The Labute approximate surface area is 140 Å². The van der Waals surface area contributed by atoms with Gasteiger partial charge in [0.25, 0.3) is 0 Å². The molecule has 24 heavy (non-hydrogen) atoms. The second-order valence-corrected chi connectivity index (χ2v) is 6.39. The molecule has 0 aliphatic heterocycles. The summed E-state index contributed by atoms with van der Waals surface area (Å²) >= 11 is 0. The van der Waals surface area contributed by atoms with Crippen LogP contribution in [0.5, 0.6) is 0 Å². The number of fused-ring (bicyclic) bond motifs is 1. The van der Waals surface area contributed by atoms with E-state index in [1.165, 1.54) is 28.3 Å². The minimum atomic E-state index is -0.312. The summed E-state index contributed by atoms with van der Waals surface area (Å²) in [6.07, 6.45) is 6.76. The van der Waals surface area contributed by atoms with E-state index in [9.17, 15) is 9.59 Å². The van der Waals surface area contributed by atoms with E-state index >= 15 is 0 Å². The molecule has 7 heteroatoms. The summed E-state index contributed by atoms with van der Waals surface area (Å²) in [5.41, 5.74) is 0.220. The Morgan fingerprint density at radius 2 is 2.21 bits per heavy atom. The van der Waals surface area contributed by atoms with E-state index in [1.807, 2.05) is 0 Å². The maximum Gasteiger partial charge on any atom is 0.350 e. The topological polar surface area (TPSA) is 77.6 Å². The van der Waals surface area contributed by atoms with Crippen LogP contribution in [-0.2, 0) is 16.1 Å². The Hall–Kier alpha value is -2.15. The molecular formula is C17H24N4O3. The van der Waals surface area contributed by atoms with Gasteiger partial charge in [-0.25, -0.2) is 9.48 Å². The van der Waals surface area contributed by atoms with Crippen LogP contribution in [0, 0.1) is 5.92 Å². The molecule has 1 fully saturated rings. The van der Waals surface area contributed by atoms with Crippen molar-refractivity contribution in [2.45, 2.75) is 45.3 Å². The second kappa shape index (κ2) is 7.61. The van der Waals surface area contributed by atoms with Gasteiger partial charge in [0.1, 0.15) is 6.54 Å². The molecule has 2 heterocycles. The number of carbonyl (C=O) groups is 1. The standard InChI is InChI=1S/C17H24N4O3/c1-13-6-2-3-7-14(13)24-11-9-18-16(22)12-21-17(23)20-10-5-4-8-15(20)19-21/h4-5,8,10,13-14H,2-3,6-7,9,11-12H2,1H3,(H,18,22)/t13-,14-/m0/s1. The molecule has 0 bridgehead atoms. The summed E-state index contributed by atoms with van der Waals surface area (Å²) in [7, 11) is 0. The second-order valence-electron chi connectivity index (χ2n) is 6.39. The highest BCUT2D eigenvalue weighted by atomic mass is 16.5. The Morgan fingerprint density at radius 3 is 3.00 bits per heavy atom. The average Bonchev–Trinajstić information content (AvgIpc) is 2.89. The van der Waals surface area contributed by atoms with Gasteiger partial charge < -0.3 is 10.1 Å². The first-order valence-electron chi connectivity index (χ1n) is 8.57. The predicted octanol–water partition coefficient (Wildman–Crippen LogP) is 1.21. The van der Waals surface area contributed by atoms with Crippen molar-refractivity contribution in [2.75, 3.05) is 13.2 Å². The number of hydrogen-bond donors (Lipinski definition) is 1. The van der Waals surface area contributed by atoms with Gasteiger partial charge in [-0.15, -0.1) is 5.10 Å². The van der Waals surface area contributed by atoms with Gasteiger partial charge in [-0.1, -0.05) is 25.8 Å². The van der Waals surface area contributed by atoms with Crippen LogP contribution >= 0.6 is 0 Å². The molecule has 0 saturated heterocycles. The fourth-order valence-corrected chi connectivity index (χ4v) is 3.19. The first-order chi connectivity index (χ1) is 11.6. The number of carbonyl (C=O) groups excluding carboxylic acids is 1. The minimum absolute atomic E-state index is 0.0830. The van der Waals surface area contributed by atoms with Crippen molar-refractivity contribution in [1.29, 1.82) is 0 Å². The lowest BCUT2D eigenvalue weighted by atomic mass is 9.88. The van der Waals surface area contributed by atoms with Crippen molar-refractivity contribution in [1.82, 2.24) is 19.5 Å². The van der Waals surface area contributed by atoms with Crippen LogP contribution in [0.25, 0.3) is 5.65 Å². The van der Waals surface area contributed by atoms with E-state index < -0.39 is 0 Å². The molecule has 0 radical (unpaired) electrons. The zero-order valence-corrected chi connectivity index (χ0v) is 14.0. The van der Waals surface area contributed by atoms with E-state index in [0.717, 1.165) is 6.42 Å². The van der Waals surface area contributed by atoms with Crippen molar-refractivity contribution in [3.63, 3.8) is 0 Å². The van der Waals surface area contributed by atoms with E-state index in [1.54, 1.807) is 24.4 Å². The maximum atomic E-state index is 12.1. The zero-order valence-electron chi connectivity index (χ0n) is 14.0. The Morgan fingerprint density at radius 1 is 1.38 bits per heavy atom. The van der Waals surface area contributed by atoms with Gasteiger partial charge in [0.15, 0.2) is 5.65 Å². The molecule has 3 rings (SSSR count). The van der Waals surface area contributed by atoms with Crippen molar-refractivity contribution in [2.24, 2.45) is 5.92 Å². The van der Waals surface area contributed by atoms with Crippen LogP contribution in [0.4, 0.5) is 0 Å². The number of hydrogen-bond acceptors (Lipinski definition) is 4. The fourth-order valence-electron chi connectivity index (χ4n) is 3.19. The summed E-state index contributed by atoms with van der Waals surface area (Å²) in [5, 5.41) is 6.92. The Bertz CT molecular complexity index is 752. The summed E-state index contributed by atoms with van der Waals surface area (Å²) in [4.78, 5) is 24.1. The molecule has 1 saturated carbocycles. The molecule has 2 aromatic rings. The van der Waals surface area contributed by atoms with Crippen LogP contribution in [0.2, 0.25) is 0 Å². The summed E-state index contributed by atoms with van der Waals surface area (Å²) in [6, 6.07) is 5.29. The number of ether oxygens (including phenoxy) is 1. The SMILES string of the molecule is C[C@H]1CCCC[C@@H]1OCCNC(=O)Cn1nc2ccccn2c1=O. The highest BCUT2D eigenvalue weighted by Gasteiger charge is 2.21. The van der Waals surface area contributed by atoms with Gasteiger partial charge in [-0.3, -0.25) is 9.20 Å². The lowest BCUT2D eigenvalue weighted by Crippen LogP contribution is -2.35. The van der Waals surface area contributed by atoms with E-state index in [-0.39, 0.29) is 18.1 Å². The van der Waals surface area contributed by atoms with E-state index in [4.69, 9.17) is 4.74 Å². The first-order valence-corrected chi connectivity index (χ1v) is 8.57. The van der Waals surface area contributed by atoms with Crippen molar-refractivity contribution in [3.05, 3.63) is 34.9 Å². The maximum absolute atomic E-state index is 12.1. The van der Waals surface area contributed by atoms with E-state index in [0.29, 0.717) is 30.8 Å².